The molecule has 2 aliphatic rings. The van der Waals surface area contributed by atoms with Crippen molar-refractivity contribution >= 4 is 35.0 Å². The molecule has 2 aromatic carbocycles. The minimum absolute atomic E-state index is 0.131. The van der Waals surface area contributed by atoms with Gasteiger partial charge < -0.3 is 29.4 Å². The van der Waals surface area contributed by atoms with Crippen LogP contribution in [0.3, 0.4) is 0 Å². The van der Waals surface area contributed by atoms with E-state index in [0.717, 1.165) is 89.7 Å². The SMILES string of the molecule is C=Nc1cc(-c2ccnc3[nH]c(-c4ccc(N5CCN(C(=O)CO)CC5)cc4)cc23)ccc1OC1CCOCC1. The monoisotopic (exact) mass is 539 g/mol. The van der Waals surface area contributed by atoms with Crippen LogP contribution in [0.25, 0.3) is 33.4 Å². The van der Waals surface area contributed by atoms with Crippen LogP contribution in [0.15, 0.2) is 65.8 Å². The standard InChI is InChI=1S/C31H33N5O4/c1-32-28-18-22(4-7-29(28)40-24-9-16-39-17-10-24)25-8-11-33-31-26(25)19-27(34-31)21-2-5-23(6-3-21)35-12-14-36(15-13-35)30(38)20-37/h2-8,11,18-19,24,37H,1,9-10,12-17,20H2,(H,33,34). The van der Waals surface area contributed by atoms with Crippen LogP contribution in [-0.2, 0) is 9.53 Å². The minimum Gasteiger partial charge on any atom is -0.488 e. The van der Waals surface area contributed by atoms with Crippen molar-refractivity contribution in [1.29, 1.82) is 0 Å². The van der Waals surface area contributed by atoms with E-state index < -0.39 is 6.61 Å². The third-order valence-electron chi connectivity index (χ3n) is 7.75. The number of aliphatic hydroxyl groups excluding tert-OH is 1. The van der Waals surface area contributed by atoms with Gasteiger partial charge in [0.15, 0.2) is 0 Å². The van der Waals surface area contributed by atoms with Crippen molar-refractivity contribution < 1.29 is 19.4 Å². The number of rotatable bonds is 7. The van der Waals surface area contributed by atoms with Gasteiger partial charge in [0.2, 0.25) is 5.91 Å². The summed E-state index contributed by atoms with van der Waals surface area (Å²) in [6, 6.07) is 18.6. The maximum absolute atomic E-state index is 11.8. The third-order valence-corrected chi connectivity index (χ3v) is 7.75. The maximum atomic E-state index is 11.8. The summed E-state index contributed by atoms with van der Waals surface area (Å²) in [7, 11) is 0. The van der Waals surface area contributed by atoms with Gasteiger partial charge in [-0.25, -0.2) is 4.98 Å². The Morgan fingerprint density at radius 1 is 1.05 bits per heavy atom. The second-order valence-electron chi connectivity index (χ2n) is 10.1. The fraction of sp³-hybridized carbons (Fsp3) is 0.323. The number of amides is 1. The molecule has 206 valence electrons. The number of hydrogen-bond donors (Lipinski definition) is 2. The summed E-state index contributed by atoms with van der Waals surface area (Å²) < 4.78 is 11.7. The molecular formula is C31H33N5O4. The molecule has 0 bridgehead atoms. The number of pyridine rings is 1. The van der Waals surface area contributed by atoms with E-state index in [1.54, 1.807) is 4.90 Å². The molecule has 2 N–H and O–H groups in total. The summed E-state index contributed by atoms with van der Waals surface area (Å²) in [5.41, 5.74) is 6.79. The van der Waals surface area contributed by atoms with E-state index in [4.69, 9.17) is 14.6 Å². The first kappa shape index (κ1) is 26.0. The van der Waals surface area contributed by atoms with Crippen LogP contribution in [0.2, 0.25) is 0 Å². The lowest BCUT2D eigenvalue weighted by Gasteiger charge is -2.35. The number of aliphatic imine (C=N–C) groups is 1. The van der Waals surface area contributed by atoms with Gasteiger partial charge in [0.1, 0.15) is 29.8 Å². The van der Waals surface area contributed by atoms with Crippen LogP contribution in [-0.4, -0.2) is 84.7 Å². The fourth-order valence-electron chi connectivity index (χ4n) is 5.48. The van der Waals surface area contributed by atoms with Gasteiger partial charge in [0.25, 0.3) is 0 Å². The molecule has 0 radical (unpaired) electrons. The smallest absolute Gasteiger partial charge is 0.248 e. The van der Waals surface area contributed by atoms with Crippen LogP contribution in [0, 0.1) is 0 Å². The Balaban J connectivity index is 1.22. The first-order chi connectivity index (χ1) is 19.6. The van der Waals surface area contributed by atoms with Gasteiger partial charge in [-0.1, -0.05) is 18.2 Å². The number of ether oxygens (including phenoxy) is 2. The van der Waals surface area contributed by atoms with Crippen LogP contribution in [0.5, 0.6) is 5.75 Å². The predicted octanol–water partition coefficient (Wildman–Crippen LogP) is 4.43. The lowest BCUT2D eigenvalue weighted by Crippen LogP contribution is -2.49. The van der Waals surface area contributed by atoms with Gasteiger partial charge in [0.05, 0.1) is 13.2 Å². The van der Waals surface area contributed by atoms with Crippen molar-refractivity contribution in [2.45, 2.75) is 18.9 Å². The summed E-state index contributed by atoms with van der Waals surface area (Å²) in [4.78, 5) is 28.0. The Labute approximate surface area is 233 Å². The normalized spacial score (nSPS) is 16.3. The number of aromatic nitrogens is 2. The van der Waals surface area contributed by atoms with E-state index in [2.05, 4.69) is 63.0 Å². The lowest BCUT2D eigenvalue weighted by molar-refractivity contribution is -0.134. The zero-order valence-electron chi connectivity index (χ0n) is 22.4. The molecule has 0 spiro atoms. The van der Waals surface area contributed by atoms with Gasteiger partial charge >= 0.3 is 0 Å². The lowest BCUT2D eigenvalue weighted by atomic mass is 10.0. The molecule has 40 heavy (non-hydrogen) atoms. The summed E-state index contributed by atoms with van der Waals surface area (Å²) in [6.07, 6.45) is 3.69. The van der Waals surface area contributed by atoms with Crippen LogP contribution in [0.1, 0.15) is 12.8 Å². The number of fused-ring (bicyclic) bond motifs is 1. The topological polar surface area (TPSA) is 103 Å². The highest BCUT2D eigenvalue weighted by Crippen LogP contribution is 2.37. The average Bonchev–Trinajstić information content (AvgIpc) is 3.46. The third kappa shape index (κ3) is 5.30. The molecule has 9 heteroatoms. The van der Waals surface area contributed by atoms with Gasteiger partial charge in [-0.2, -0.15) is 0 Å². The number of benzene rings is 2. The van der Waals surface area contributed by atoms with Crippen LogP contribution >= 0.6 is 0 Å². The Morgan fingerprint density at radius 3 is 2.52 bits per heavy atom. The number of carbonyl (C=O) groups is 1. The molecule has 0 unspecified atom stereocenters. The predicted molar refractivity (Wildman–Crippen MR) is 157 cm³/mol. The summed E-state index contributed by atoms with van der Waals surface area (Å²) >= 11 is 0. The molecule has 0 saturated carbocycles. The first-order valence-electron chi connectivity index (χ1n) is 13.7. The van der Waals surface area contributed by atoms with E-state index in [0.29, 0.717) is 13.1 Å². The zero-order valence-corrected chi connectivity index (χ0v) is 22.4. The number of aliphatic hydroxyl groups is 1. The molecule has 2 saturated heterocycles. The zero-order chi connectivity index (χ0) is 27.5. The number of anilines is 1. The Morgan fingerprint density at radius 2 is 1.80 bits per heavy atom. The summed E-state index contributed by atoms with van der Waals surface area (Å²) in [5, 5.41) is 10.1. The Bertz CT molecular complexity index is 1500. The number of nitrogens with zero attached hydrogens (tertiary/aromatic N) is 4. The molecule has 9 nitrogen and oxygen atoms in total. The molecule has 6 rings (SSSR count). The van der Waals surface area contributed by atoms with E-state index in [-0.39, 0.29) is 12.0 Å². The first-order valence-corrected chi connectivity index (χ1v) is 13.7. The van der Waals surface area contributed by atoms with Crippen molar-refractivity contribution in [1.82, 2.24) is 14.9 Å². The molecule has 4 heterocycles. The summed E-state index contributed by atoms with van der Waals surface area (Å²) in [6.45, 7) is 7.50. The van der Waals surface area contributed by atoms with E-state index in [9.17, 15) is 4.79 Å². The van der Waals surface area contributed by atoms with Gasteiger partial charge in [-0.3, -0.25) is 9.79 Å². The molecule has 2 aliphatic heterocycles. The number of hydrogen-bond acceptors (Lipinski definition) is 7. The van der Waals surface area contributed by atoms with E-state index in [1.165, 1.54) is 0 Å². The van der Waals surface area contributed by atoms with Crippen molar-refractivity contribution in [2.24, 2.45) is 4.99 Å². The second kappa shape index (κ2) is 11.5. The van der Waals surface area contributed by atoms with Gasteiger partial charge in [-0.05, 0) is 59.8 Å². The number of nitrogens with one attached hydrogen (secondary N) is 1. The second-order valence-corrected chi connectivity index (χ2v) is 10.1. The molecule has 2 aromatic heterocycles. The Hall–Kier alpha value is -4.21. The van der Waals surface area contributed by atoms with Crippen LogP contribution < -0.4 is 9.64 Å². The molecule has 1 amide bonds. The minimum atomic E-state index is -0.432. The highest BCUT2D eigenvalue weighted by molar-refractivity contribution is 5.96. The van der Waals surface area contributed by atoms with Crippen LogP contribution in [0.4, 0.5) is 11.4 Å². The van der Waals surface area contributed by atoms with E-state index in [1.807, 2.05) is 24.4 Å². The molecule has 0 aliphatic carbocycles. The number of carbonyl (C=O) groups excluding carboxylic acids is 1. The van der Waals surface area contributed by atoms with Crippen molar-refractivity contribution in [3.8, 4) is 28.1 Å². The molecule has 2 fully saturated rings. The summed E-state index contributed by atoms with van der Waals surface area (Å²) in [5.74, 6) is 0.533. The fourth-order valence-corrected chi connectivity index (χ4v) is 5.48. The molecule has 4 aromatic rings. The number of H-pyrrole nitrogens is 1. The largest absolute Gasteiger partial charge is 0.488 e. The molecular weight excluding hydrogens is 506 g/mol. The van der Waals surface area contributed by atoms with Gasteiger partial charge in [0, 0.05) is 62.0 Å². The highest BCUT2D eigenvalue weighted by atomic mass is 16.5. The quantitative estimate of drug-likeness (QED) is 0.337. The number of aromatic amines is 1. The van der Waals surface area contributed by atoms with Crippen molar-refractivity contribution in [3.63, 3.8) is 0 Å². The number of piperazine rings is 1. The molecule has 0 atom stereocenters. The maximum Gasteiger partial charge on any atom is 0.248 e. The highest BCUT2D eigenvalue weighted by Gasteiger charge is 2.21. The Kier molecular flexibility index (Phi) is 7.48. The van der Waals surface area contributed by atoms with Crippen molar-refractivity contribution in [2.75, 3.05) is 50.9 Å². The van der Waals surface area contributed by atoms with E-state index >= 15 is 0 Å². The average molecular weight is 540 g/mol. The van der Waals surface area contributed by atoms with Gasteiger partial charge in [-0.15, -0.1) is 0 Å². The van der Waals surface area contributed by atoms with Crippen molar-refractivity contribution in [3.05, 3.63) is 60.8 Å².